The molecule has 1 atom stereocenters. The molecule has 3 rings (SSSR count). The molecule has 6 heteroatoms. The molecule has 2 aromatic heterocycles. The van der Waals surface area contributed by atoms with E-state index in [9.17, 15) is 4.79 Å². The first-order valence-corrected chi connectivity index (χ1v) is 9.20. The summed E-state index contributed by atoms with van der Waals surface area (Å²) in [5.41, 5.74) is 1.21. The van der Waals surface area contributed by atoms with Crippen molar-refractivity contribution in [2.75, 3.05) is 19.6 Å². The summed E-state index contributed by atoms with van der Waals surface area (Å²) < 4.78 is 2.19. The lowest BCUT2D eigenvalue weighted by molar-refractivity contribution is 0.177. The van der Waals surface area contributed by atoms with Gasteiger partial charge in [0.2, 0.25) is 0 Å². The minimum atomic E-state index is 0.0605. The van der Waals surface area contributed by atoms with Gasteiger partial charge in [-0.15, -0.1) is 0 Å². The van der Waals surface area contributed by atoms with Crippen molar-refractivity contribution in [1.82, 2.24) is 24.8 Å². The number of rotatable bonds is 6. The number of piperidine rings is 1. The molecule has 1 aliphatic heterocycles. The number of imidazole rings is 1. The van der Waals surface area contributed by atoms with E-state index in [2.05, 4.69) is 26.8 Å². The van der Waals surface area contributed by atoms with Gasteiger partial charge in [0, 0.05) is 56.9 Å². The van der Waals surface area contributed by atoms with Crippen molar-refractivity contribution >= 4 is 6.03 Å². The Bertz CT molecular complexity index is 669. The van der Waals surface area contributed by atoms with Crippen molar-refractivity contribution in [2.45, 2.75) is 45.1 Å². The number of urea groups is 1. The molecule has 2 amide bonds. The largest absolute Gasteiger partial charge is 0.338 e. The second-order valence-corrected chi connectivity index (χ2v) is 6.64. The minimum absolute atomic E-state index is 0.0605. The third kappa shape index (κ3) is 4.59. The molecule has 0 saturated carbocycles. The number of likely N-dealkylation sites (tertiary alicyclic amines) is 1. The second kappa shape index (κ2) is 8.65. The number of aromatic nitrogens is 3. The highest BCUT2D eigenvalue weighted by atomic mass is 16.2. The monoisotopic (exact) mass is 341 g/mol. The van der Waals surface area contributed by atoms with E-state index < -0.39 is 0 Å². The lowest BCUT2D eigenvalue weighted by Crippen LogP contribution is -2.45. The van der Waals surface area contributed by atoms with E-state index in [-0.39, 0.29) is 6.03 Å². The molecule has 1 aliphatic rings. The van der Waals surface area contributed by atoms with Crippen LogP contribution in [0.3, 0.4) is 0 Å². The van der Waals surface area contributed by atoms with Crippen LogP contribution in [0, 0.1) is 0 Å². The van der Waals surface area contributed by atoms with Gasteiger partial charge in [-0.1, -0.05) is 13.3 Å². The molecule has 134 valence electrons. The maximum Gasteiger partial charge on any atom is 0.317 e. The van der Waals surface area contributed by atoms with Gasteiger partial charge in [0.1, 0.15) is 5.82 Å². The van der Waals surface area contributed by atoms with Gasteiger partial charge in [-0.25, -0.2) is 9.78 Å². The molecule has 0 bridgehead atoms. The van der Waals surface area contributed by atoms with Crippen LogP contribution in [0.15, 0.2) is 36.9 Å². The van der Waals surface area contributed by atoms with Crippen LogP contribution in [-0.4, -0.2) is 45.1 Å². The van der Waals surface area contributed by atoms with Crippen molar-refractivity contribution < 1.29 is 4.79 Å². The van der Waals surface area contributed by atoms with Gasteiger partial charge < -0.3 is 14.8 Å². The summed E-state index contributed by atoms with van der Waals surface area (Å²) >= 11 is 0. The number of nitrogens with zero attached hydrogens (tertiary/aromatic N) is 4. The number of carbonyl (C=O) groups excluding carboxylic acids is 1. The topological polar surface area (TPSA) is 63.1 Å². The second-order valence-electron chi connectivity index (χ2n) is 6.64. The number of nitrogens with one attached hydrogen (secondary N) is 1. The molecule has 6 nitrogen and oxygen atoms in total. The van der Waals surface area contributed by atoms with Gasteiger partial charge in [-0.2, -0.15) is 0 Å². The molecule has 2 aromatic rings. The predicted octanol–water partition coefficient (Wildman–Crippen LogP) is 3.02. The summed E-state index contributed by atoms with van der Waals surface area (Å²) in [7, 11) is 0. The number of unbranched alkanes of at least 4 members (excludes halogenated alkanes) is 1. The van der Waals surface area contributed by atoms with E-state index in [0.717, 1.165) is 57.7 Å². The summed E-state index contributed by atoms with van der Waals surface area (Å²) in [6.45, 7) is 5.25. The zero-order chi connectivity index (χ0) is 17.5. The van der Waals surface area contributed by atoms with Crippen molar-refractivity contribution in [3.63, 3.8) is 0 Å². The maximum atomic E-state index is 12.3. The van der Waals surface area contributed by atoms with Crippen molar-refractivity contribution in [2.24, 2.45) is 0 Å². The molecule has 0 aliphatic carbocycles. The first-order valence-electron chi connectivity index (χ1n) is 9.20. The fourth-order valence-electron chi connectivity index (χ4n) is 3.36. The van der Waals surface area contributed by atoms with Crippen LogP contribution < -0.4 is 5.32 Å². The minimum Gasteiger partial charge on any atom is -0.338 e. The van der Waals surface area contributed by atoms with E-state index in [1.54, 1.807) is 0 Å². The van der Waals surface area contributed by atoms with Gasteiger partial charge >= 0.3 is 6.03 Å². The molecule has 25 heavy (non-hydrogen) atoms. The number of hydrogen-bond acceptors (Lipinski definition) is 3. The van der Waals surface area contributed by atoms with Gasteiger partial charge in [0.15, 0.2) is 0 Å². The van der Waals surface area contributed by atoms with Crippen LogP contribution in [0.25, 0.3) is 0 Å². The van der Waals surface area contributed by atoms with Gasteiger partial charge in [0.25, 0.3) is 0 Å². The Kier molecular flexibility index (Phi) is 6.04. The highest BCUT2D eigenvalue weighted by molar-refractivity contribution is 5.74. The summed E-state index contributed by atoms with van der Waals surface area (Å²) in [6, 6.07) is 4.11. The standard InChI is InChI=1S/C19H27N5O/c1-2-3-8-22-19(25)24-12-4-5-17(15-24)18-21-11-13-23(18)14-16-6-9-20-10-7-16/h6-7,9-11,13,17H,2-5,8,12,14-15H2,1H3,(H,22,25)/t17-/m1/s1. The highest BCUT2D eigenvalue weighted by Gasteiger charge is 2.27. The molecule has 0 spiro atoms. The Morgan fingerprint density at radius 3 is 2.96 bits per heavy atom. The molecule has 3 heterocycles. The first-order chi connectivity index (χ1) is 12.3. The van der Waals surface area contributed by atoms with Gasteiger partial charge in [-0.05, 0) is 37.0 Å². The number of carbonyl (C=O) groups is 1. The van der Waals surface area contributed by atoms with Crippen molar-refractivity contribution in [1.29, 1.82) is 0 Å². The van der Waals surface area contributed by atoms with Crippen LogP contribution in [0.5, 0.6) is 0 Å². The first kappa shape index (κ1) is 17.5. The normalized spacial score (nSPS) is 17.5. The van der Waals surface area contributed by atoms with Crippen LogP contribution in [0.2, 0.25) is 0 Å². The molecule has 0 radical (unpaired) electrons. The zero-order valence-electron chi connectivity index (χ0n) is 14.9. The Labute approximate surface area is 149 Å². The van der Waals surface area contributed by atoms with Gasteiger partial charge in [0.05, 0.1) is 0 Å². The van der Waals surface area contributed by atoms with Crippen LogP contribution in [0.4, 0.5) is 4.79 Å². The maximum absolute atomic E-state index is 12.3. The van der Waals surface area contributed by atoms with Crippen LogP contribution in [-0.2, 0) is 6.54 Å². The quantitative estimate of drug-likeness (QED) is 0.822. The smallest absolute Gasteiger partial charge is 0.317 e. The van der Waals surface area contributed by atoms with Crippen molar-refractivity contribution in [3.8, 4) is 0 Å². The number of pyridine rings is 1. The summed E-state index contributed by atoms with van der Waals surface area (Å²) in [4.78, 5) is 22.9. The average molecular weight is 341 g/mol. The molecular formula is C19H27N5O. The Hall–Kier alpha value is -2.37. The summed E-state index contributed by atoms with van der Waals surface area (Å²) in [5, 5.41) is 3.03. The fraction of sp³-hybridized carbons (Fsp3) is 0.526. The van der Waals surface area contributed by atoms with E-state index in [4.69, 9.17) is 0 Å². The third-order valence-corrected chi connectivity index (χ3v) is 4.73. The average Bonchev–Trinajstić information content (AvgIpc) is 3.11. The molecule has 0 unspecified atom stereocenters. The van der Waals surface area contributed by atoms with Gasteiger partial charge in [-0.3, -0.25) is 4.98 Å². The predicted molar refractivity (Wildman–Crippen MR) is 97.4 cm³/mol. The van der Waals surface area contributed by atoms with E-state index in [1.807, 2.05) is 41.8 Å². The SMILES string of the molecule is CCCCNC(=O)N1CCC[C@@H](c2nccn2Cc2ccncc2)C1. The zero-order valence-corrected chi connectivity index (χ0v) is 14.9. The molecule has 1 N–H and O–H groups in total. The number of amides is 2. The van der Waals surface area contributed by atoms with Crippen molar-refractivity contribution in [3.05, 3.63) is 48.3 Å². The van der Waals surface area contributed by atoms with Crippen LogP contribution in [0.1, 0.15) is 49.9 Å². The van der Waals surface area contributed by atoms with Crippen LogP contribution >= 0.6 is 0 Å². The number of hydrogen-bond donors (Lipinski definition) is 1. The molecular weight excluding hydrogens is 314 g/mol. The Morgan fingerprint density at radius 2 is 2.16 bits per heavy atom. The molecule has 0 aromatic carbocycles. The third-order valence-electron chi connectivity index (χ3n) is 4.73. The highest BCUT2D eigenvalue weighted by Crippen LogP contribution is 2.26. The summed E-state index contributed by atoms with van der Waals surface area (Å²) in [6.07, 6.45) is 11.7. The van der Waals surface area contributed by atoms with E-state index in [0.29, 0.717) is 5.92 Å². The molecule has 1 saturated heterocycles. The lowest BCUT2D eigenvalue weighted by atomic mass is 9.97. The van der Waals surface area contributed by atoms with E-state index >= 15 is 0 Å². The fourth-order valence-corrected chi connectivity index (χ4v) is 3.36. The lowest BCUT2D eigenvalue weighted by Gasteiger charge is -2.32. The van der Waals surface area contributed by atoms with E-state index in [1.165, 1.54) is 5.56 Å². The molecule has 1 fully saturated rings. The summed E-state index contributed by atoms with van der Waals surface area (Å²) in [5.74, 6) is 1.37. The Morgan fingerprint density at radius 1 is 1.32 bits per heavy atom. The Balaban J connectivity index is 1.64.